The van der Waals surface area contributed by atoms with Crippen molar-refractivity contribution < 1.29 is 9.53 Å². The van der Waals surface area contributed by atoms with Crippen LogP contribution in [0.25, 0.3) is 0 Å². The zero-order chi connectivity index (χ0) is 13.7. The largest absolute Gasteiger partial charge is 0.378 e. The van der Waals surface area contributed by atoms with Crippen LogP contribution in [-0.4, -0.2) is 29.6 Å². The molecule has 2 N–H and O–H groups in total. The Bertz CT molecular complexity index is 478. The quantitative estimate of drug-likeness (QED) is 0.845. The summed E-state index contributed by atoms with van der Waals surface area (Å²) in [6, 6.07) is 3.21. The Balaban J connectivity index is 1.81. The van der Waals surface area contributed by atoms with Crippen LogP contribution in [0.3, 0.4) is 0 Å². The van der Waals surface area contributed by atoms with E-state index in [0.29, 0.717) is 6.10 Å². The minimum atomic E-state index is -0.355. The highest BCUT2D eigenvalue weighted by Crippen LogP contribution is 2.17. The van der Waals surface area contributed by atoms with Gasteiger partial charge in [-0.05, 0) is 44.7 Å². The first-order valence-corrected chi connectivity index (χ1v) is 6.77. The molecule has 1 fully saturated rings. The molecule has 5 nitrogen and oxygen atoms in total. The van der Waals surface area contributed by atoms with E-state index in [4.69, 9.17) is 4.74 Å². The van der Waals surface area contributed by atoms with E-state index in [1.54, 1.807) is 6.07 Å². The molecule has 0 radical (unpaired) electrons. The molecule has 1 aliphatic rings. The van der Waals surface area contributed by atoms with Crippen LogP contribution < -0.4 is 10.9 Å². The Kier molecular flexibility index (Phi) is 4.74. The fourth-order valence-corrected chi connectivity index (χ4v) is 2.28. The number of hydrogen-bond acceptors (Lipinski definition) is 3. The van der Waals surface area contributed by atoms with Crippen molar-refractivity contribution in [3.63, 3.8) is 0 Å². The van der Waals surface area contributed by atoms with Crippen molar-refractivity contribution >= 4 is 5.91 Å². The van der Waals surface area contributed by atoms with Gasteiger partial charge in [-0.15, -0.1) is 0 Å². The van der Waals surface area contributed by atoms with E-state index in [0.717, 1.165) is 32.3 Å². The average Bonchev–Trinajstić information content (AvgIpc) is 2.90. The van der Waals surface area contributed by atoms with Crippen LogP contribution in [0.4, 0.5) is 0 Å². The fourth-order valence-electron chi connectivity index (χ4n) is 2.28. The SMILES string of the molecule is C[C@H](CC[C@H]1CCCO1)NC(=O)c1ccc[nH]c1=O. The van der Waals surface area contributed by atoms with Crippen molar-refractivity contribution in [3.8, 4) is 0 Å². The van der Waals surface area contributed by atoms with Gasteiger partial charge in [0.05, 0.1) is 6.10 Å². The Labute approximate surface area is 112 Å². The maximum absolute atomic E-state index is 11.9. The first-order valence-electron chi connectivity index (χ1n) is 6.77. The van der Waals surface area contributed by atoms with Crippen LogP contribution in [-0.2, 0) is 4.74 Å². The van der Waals surface area contributed by atoms with Crippen molar-refractivity contribution in [2.75, 3.05) is 6.61 Å². The molecule has 1 aliphatic heterocycles. The van der Waals surface area contributed by atoms with E-state index in [2.05, 4.69) is 10.3 Å². The third-order valence-electron chi connectivity index (χ3n) is 3.39. The van der Waals surface area contributed by atoms with Crippen molar-refractivity contribution in [2.24, 2.45) is 0 Å². The lowest BCUT2D eigenvalue weighted by Gasteiger charge is -2.16. The zero-order valence-corrected chi connectivity index (χ0v) is 11.1. The summed E-state index contributed by atoms with van der Waals surface area (Å²) >= 11 is 0. The number of aromatic amines is 1. The predicted molar refractivity (Wildman–Crippen MR) is 72.2 cm³/mol. The molecule has 0 spiro atoms. The summed E-state index contributed by atoms with van der Waals surface area (Å²) in [7, 11) is 0. The fraction of sp³-hybridized carbons (Fsp3) is 0.571. The van der Waals surface area contributed by atoms with Crippen molar-refractivity contribution in [3.05, 3.63) is 34.2 Å². The molecule has 0 aliphatic carbocycles. The molecule has 1 saturated heterocycles. The van der Waals surface area contributed by atoms with Gasteiger partial charge in [0.25, 0.3) is 11.5 Å². The highest BCUT2D eigenvalue weighted by atomic mass is 16.5. The van der Waals surface area contributed by atoms with Gasteiger partial charge >= 0.3 is 0 Å². The van der Waals surface area contributed by atoms with Gasteiger partial charge in [0.1, 0.15) is 5.56 Å². The normalized spacial score (nSPS) is 20.2. The molecule has 19 heavy (non-hydrogen) atoms. The van der Waals surface area contributed by atoms with Gasteiger partial charge in [0, 0.05) is 18.8 Å². The van der Waals surface area contributed by atoms with Crippen LogP contribution in [0.5, 0.6) is 0 Å². The van der Waals surface area contributed by atoms with E-state index in [1.165, 1.54) is 12.3 Å². The second kappa shape index (κ2) is 6.52. The molecule has 5 heteroatoms. The summed E-state index contributed by atoms with van der Waals surface area (Å²) in [5.41, 5.74) is -0.196. The third-order valence-corrected chi connectivity index (χ3v) is 3.39. The van der Waals surface area contributed by atoms with Crippen LogP contribution >= 0.6 is 0 Å². The van der Waals surface area contributed by atoms with Gasteiger partial charge in [-0.1, -0.05) is 0 Å². The molecule has 0 saturated carbocycles. The number of hydrogen-bond donors (Lipinski definition) is 2. The molecule has 0 unspecified atom stereocenters. The number of pyridine rings is 1. The smallest absolute Gasteiger partial charge is 0.260 e. The van der Waals surface area contributed by atoms with E-state index >= 15 is 0 Å². The summed E-state index contributed by atoms with van der Waals surface area (Å²) in [5, 5.41) is 2.85. The summed E-state index contributed by atoms with van der Waals surface area (Å²) in [4.78, 5) is 25.9. The maximum Gasteiger partial charge on any atom is 0.260 e. The number of carbonyl (C=O) groups is 1. The Morgan fingerprint density at radius 3 is 3.16 bits per heavy atom. The summed E-state index contributed by atoms with van der Waals surface area (Å²) < 4.78 is 5.54. The standard InChI is InChI=1S/C14H20N2O3/c1-10(6-7-11-4-3-9-19-11)16-14(18)12-5-2-8-15-13(12)17/h2,5,8,10-11H,3-4,6-7,9H2,1H3,(H,15,17)(H,16,18)/t10-,11-/m1/s1. The lowest BCUT2D eigenvalue weighted by atomic mass is 10.1. The number of amides is 1. The number of rotatable bonds is 5. The predicted octanol–water partition coefficient (Wildman–Crippen LogP) is 1.45. The number of ether oxygens (including phenoxy) is 1. The van der Waals surface area contributed by atoms with Gasteiger partial charge in [-0.3, -0.25) is 9.59 Å². The topological polar surface area (TPSA) is 71.2 Å². The number of nitrogens with one attached hydrogen (secondary N) is 2. The second-order valence-corrected chi connectivity index (χ2v) is 5.00. The highest BCUT2D eigenvalue weighted by Gasteiger charge is 2.18. The second-order valence-electron chi connectivity index (χ2n) is 5.00. The summed E-state index contributed by atoms with van der Waals surface area (Å²) in [6.07, 6.45) is 5.90. The molecule has 0 aromatic carbocycles. The first-order chi connectivity index (χ1) is 9.16. The molecule has 104 valence electrons. The van der Waals surface area contributed by atoms with Gasteiger partial charge in [-0.25, -0.2) is 0 Å². The van der Waals surface area contributed by atoms with Crippen LogP contribution in [0.15, 0.2) is 23.1 Å². The molecule has 2 atom stereocenters. The van der Waals surface area contributed by atoms with Crippen LogP contribution in [0, 0.1) is 0 Å². The average molecular weight is 264 g/mol. The van der Waals surface area contributed by atoms with E-state index in [1.807, 2.05) is 6.92 Å². The van der Waals surface area contributed by atoms with E-state index < -0.39 is 0 Å². The summed E-state index contributed by atoms with van der Waals surface area (Å²) in [6.45, 7) is 2.80. The lowest BCUT2D eigenvalue weighted by molar-refractivity contribution is 0.0898. The van der Waals surface area contributed by atoms with Crippen LogP contribution in [0.1, 0.15) is 43.0 Å². The minimum absolute atomic E-state index is 0.0382. The van der Waals surface area contributed by atoms with Gasteiger partial charge in [0.2, 0.25) is 0 Å². The molecule has 2 rings (SSSR count). The van der Waals surface area contributed by atoms with Gasteiger partial charge in [0.15, 0.2) is 0 Å². The molecule has 0 bridgehead atoms. The van der Waals surface area contributed by atoms with Gasteiger partial charge in [-0.2, -0.15) is 0 Å². The third kappa shape index (κ3) is 3.92. The molecule has 1 aromatic heterocycles. The minimum Gasteiger partial charge on any atom is -0.378 e. The Morgan fingerprint density at radius 2 is 2.47 bits per heavy atom. The first kappa shape index (κ1) is 13.8. The molecule has 2 heterocycles. The van der Waals surface area contributed by atoms with Crippen molar-refractivity contribution in [2.45, 2.75) is 44.8 Å². The van der Waals surface area contributed by atoms with Crippen molar-refractivity contribution in [1.82, 2.24) is 10.3 Å². The monoisotopic (exact) mass is 264 g/mol. The number of carbonyl (C=O) groups excluding carboxylic acids is 1. The van der Waals surface area contributed by atoms with Crippen molar-refractivity contribution in [1.29, 1.82) is 0 Å². The van der Waals surface area contributed by atoms with Gasteiger partial charge < -0.3 is 15.0 Å². The highest BCUT2D eigenvalue weighted by molar-refractivity contribution is 5.93. The zero-order valence-electron chi connectivity index (χ0n) is 11.1. The van der Waals surface area contributed by atoms with E-state index in [9.17, 15) is 9.59 Å². The Morgan fingerprint density at radius 1 is 1.63 bits per heavy atom. The summed E-state index contributed by atoms with van der Waals surface area (Å²) in [5.74, 6) is -0.318. The number of aromatic nitrogens is 1. The lowest BCUT2D eigenvalue weighted by Crippen LogP contribution is -2.36. The molecule has 1 aromatic rings. The van der Waals surface area contributed by atoms with Crippen LogP contribution in [0.2, 0.25) is 0 Å². The number of H-pyrrole nitrogens is 1. The molecular weight excluding hydrogens is 244 g/mol. The van der Waals surface area contributed by atoms with E-state index in [-0.39, 0.29) is 23.1 Å². The Hall–Kier alpha value is -1.62. The molecular formula is C14H20N2O3. The molecule has 1 amide bonds. The maximum atomic E-state index is 11.9.